The number of nitrogens with zero attached hydrogens (tertiary/aromatic N) is 4. The summed E-state index contributed by atoms with van der Waals surface area (Å²) in [6.07, 6.45) is 5.29. The average Bonchev–Trinajstić information content (AvgIpc) is 3.59. The van der Waals surface area contributed by atoms with Gasteiger partial charge in [0.15, 0.2) is 0 Å². The number of imidazole rings is 1. The highest BCUT2D eigenvalue weighted by Crippen LogP contribution is 2.48. The third-order valence-corrected chi connectivity index (χ3v) is 9.72. The van der Waals surface area contributed by atoms with Crippen molar-refractivity contribution in [3.8, 4) is 17.6 Å². The van der Waals surface area contributed by atoms with Gasteiger partial charge in [-0.3, -0.25) is 0 Å². The van der Waals surface area contributed by atoms with Gasteiger partial charge in [0, 0.05) is 24.5 Å². The van der Waals surface area contributed by atoms with Crippen molar-refractivity contribution >= 4 is 8.53 Å². The standard InChI is InChI=1S/C36H45N4O5P/c1-28(2)40(29(3)4)46(44-24-10-21-37)45-35(25-39-23-22-38-27-39)26-43-36(30-11-8-7-9-12-30,31-13-17-33(41-5)18-14-31)32-15-19-34(42-6)20-16-32/h7-9,11-20,22-23,27-29,35H,10,24-26H2,1-6H3/t35-,46?/m1/s1. The predicted molar refractivity (Wildman–Crippen MR) is 181 cm³/mol. The summed E-state index contributed by atoms with van der Waals surface area (Å²) in [5.74, 6) is 1.51. The summed E-state index contributed by atoms with van der Waals surface area (Å²) in [7, 11) is 1.79. The Balaban J connectivity index is 1.80. The zero-order chi connectivity index (χ0) is 32.9. The highest BCUT2D eigenvalue weighted by Gasteiger charge is 2.39. The third-order valence-electron chi connectivity index (χ3n) is 7.53. The lowest BCUT2D eigenvalue weighted by Crippen LogP contribution is -2.39. The highest BCUT2D eigenvalue weighted by atomic mass is 31.2. The van der Waals surface area contributed by atoms with Crippen molar-refractivity contribution in [2.75, 3.05) is 27.4 Å². The minimum atomic E-state index is -1.52. The van der Waals surface area contributed by atoms with Crippen LogP contribution in [0, 0.1) is 11.3 Å². The smallest absolute Gasteiger partial charge is 0.259 e. The van der Waals surface area contributed by atoms with Gasteiger partial charge in [-0.2, -0.15) is 5.26 Å². The summed E-state index contributed by atoms with van der Waals surface area (Å²) in [4.78, 5) is 4.26. The SMILES string of the molecule is COc1ccc(C(OC[C@@H](Cn2ccnc2)OP(OCCC#N)N(C(C)C)C(C)C)(c2ccccc2)c2ccc(OC)cc2)cc1. The first-order chi connectivity index (χ1) is 22.3. The van der Waals surface area contributed by atoms with Crippen molar-refractivity contribution in [3.05, 3.63) is 114 Å². The molecule has 1 aromatic heterocycles. The van der Waals surface area contributed by atoms with Gasteiger partial charge >= 0.3 is 0 Å². The lowest BCUT2D eigenvalue weighted by atomic mass is 9.80. The van der Waals surface area contributed by atoms with E-state index in [4.69, 9.17) is 23.3 Å². The second-order valence-electron chi connectivity index (χ2n) is 11.3. The first-order valence-electron chi connectivity index (χ1n) is 15.5. The number of rotatable bonds is 18. The van der Waals surface area contributed by atoms with Crippen LogP contribution in [0.3, 0.4) is 0 Å². The third kappa shape index (κ3) is 8.73. The topological polar surface area (TPSA) is 91.0 Å². The van der Waals surface area contributed by atoms with E-state index < -0.39 is 20.2 Å². The number of hydrogen-bond acceptors (Lipinski definition) is 8. The Morgan fingerprint density at radius 2 is 1.41 bits per heavy atom. The van der Waals surface area contributed by atoms with Gasteiger partial charge < -0.3 is 27.8 Å². The highest BCUT2D eigenvalue weighted by molar-refractivity contribution is 7.44. The van der Waals surface area contributed by atoms with Gasteiger partial charge in [-0.05, 0) is 68.7 Å². The normalized spacial score (nSPS) is 13.1. The van der Waals surface area contributed by atoms with E-state index in [1.54, 1.807) is 26.7 Å². The molecular weight excluding hydrogens is 599 g/mol. The molecule has 0 spiro atoms. The molecule has 0 saturated carbocycles. The number of methoxy groups -OCH3 is 2. The van der Waals surface area contributed by atoms with Crippen LogP contribution in [-0.2, 0) is 25.9 Å². The molecule has 0 aliphatic heterocycles. The predicted octanol–water partition coefficient (Wildman–Crippen LogP) is 7.57. The average molecular weight is 645 g/mol. The summed E-state index contributed by atoms with van der Waals surface area (Å²) in [5, 5.41) is 9.23. The molecule has 4 rings (SSSR count). The molecule has 0 N–H and O–H groups in total. The number of ether oxygens (including phenoxy) is 3. The number of aromatic nitrogens is 2. The molecule has 244 valence electrons. The van der Waals surface area contributed by atoms with Gasteiger partial charge in [-0.1, -0.05) is 54.6 Å². The van der Waals surface area contributed by atoms with Crippen LogP contribution in [0.15, 0.2) is 97.6 Å². The summed E-state index contributed by atoms with van der Waals surface area (Å²) in [6, 6.07) is 28.7. The fraction of sp³-hybridized carbons (Fsp3) is 0.389. The molecule has 3 aromatic carbocycles. The van der Waals surface area contributed by atoms with Crippen LogP contribution in [0.2, 0.25) is 0 Å². The van der Waals surface area contributed by atoms with Crippen molar-refractivity contribution in [1.82, 2.24) is 14.2 Å². The number of nitriles is 1. The molecule has 0 saturated heterocycles. The maximum Gasteiger partial charge on any atom is 0.259 e. The minimum absolute atomic E-state index is 0.157. The second-order valence-corrected chi connectivity index (χ2v) is 12.8. The van der Waals surface area contributed by atoms with E-state index in [0.29, 0.717) is 6.54 Å². The van der Waals surface area contributed by atoms with E-state index in [-0.39, 0.29) is 31.7 Å². The number of hydrogen-bond donors (Lipinski definition) is 0. The molecule has 0 bridgehead atoms. The Morgan fingerprint density at radius 1 is 0.848 bits per heavy atom. The first kappa shape index (κ1) is 35.1. The molecule has 0 fully saturated rings. The maximum atomic E-state index is 9.23. The van der Waals surface area contributed by atoms with E-state index in [0.717, 1.165) is 28.2 Å². The van der Waals surface area contributed by atoms with Gasteiger partial charge in [0.1, 0.15) is 23.2 Å². The zero-order valence-corrected chi connectivity index (χ0v) is 28.5. The summed E-state index contributed by atoms with van der Waals surface area (Å²) in [5.41, 5.74) is 1.83. The fourth-order valence-electron chi connectivity index (χ4n) is 5.46. The van der Waals surface area contributed by atoms with E-state index in [9.17, 15) is 5.26 Å². The molecule has 0 aliphatic rings. The lowest BCUT2D eigenvalue weighted by Gasteiger charge is -2.39. The summed E-state index contributed by atoms with van der Waals surface area (Å²) >= 11 is 0. The van der Waals surface area contributed by atoms with Crippen LogP contribution < -0.4 is 9.47 Å². The molecule has 0 amide bonds. The van der Waals surface area contributed by atoms with Crippen LogP contribution in [0.1, 0.15) is 50.8 Å². The van der Waals surface area contributed by atoms with E-state index in [1.807, 2.05) is 77.5 Å². The first-order valence-corrected chi connectivity index (χ1v) is 16.6. The van der Waals surface area contributed by atoms with Gasteiger partial charge in [-0.25, -0.2) is 9.65 Å². The van der Waals surface area contributed by atoms with Crippen LogP contribution in [0.25, 0.3) is 0 Å². The van der Waals surface area contributed by atoms with Crippen molar-refractivity contribution in [1.29, 1.82) is 5.26 Å². The Morgan fingerprint density at radius 3 is 1.89 bits per heavy atom. The van der Waals surface area contributed by atoms with E-state index in [1.165, 1.54) is 0 Å². The molecule has 0 radical (unpaired) electrons. The lowest BCUT2D eigenvalue weighted by molar-refractivity contribution is -0.0384. The van der Waals surface area contributed by atoms with Crippen LogP contribution >= 0.6 is 8.53 Å². The van der Waals surface area contributed by atoms with Crippen molar-refractivity contribution < 1.29 is 23.3 Å². The zero-order valence-electron chi connectivity index (χ0n) is 27.6. The Labute approximate surface area is 274 Å². The molecular formula is C36H45N4O5P. The molecule has 1 heterocycles. The monoisotopic (exact) mass is 644 g/mol. The second kappa shape index (κ2) is 17.2. The van der Waals surface area contributed by atoms with Crippen LogP contribution in [0.4, 0.5) is 0 Å². The Bertz CT molecular complexity index is 1420. The quantitative estimate of drug-likeness (QED) is 0.0623. The molecule has 0 aliphatic carbocycles. The van der Waals surface area contributed by atoms with Gasteiger partial charge in [-0.15, -0.1) is 0 Å². The van der Waals surface area contributed by atoms with Gasteiger partial charge in [0.2, 0.25) is 0 Å². The van der Waals surface area contributed by atoms with Crippen LogP contribution in [-0.4, -0.2) is 59.8 Å². The van der Waals surface area contributed by atoms with Crippen molar-refractivity contribution in [3.63, 3.8) is 0 Å². The van der Waals surface area contributed by atoms with Gasteiger partial charge in [0.25, 0.3) is 8.53 Å². The summed E-state index contributed by atoms with van der Waals surface area (Å²) < 4.78 is 35.6. The molecule has 10 heteroatoms. The molecule has 2 atom stereocenters. The molecule has 1 unspecified atom stereocenters. The van der Waals surface area contributed by atoms with E-state index in [2.05, 4.69) is 55.6 Å². The summed E-state index contributed by atoms with van der Waals surface area (Å²) in [6.45, 7) is 9.49. The maximum absolute atomic E-state index is 9.23. The number of benzene rings is 3. The largest absolute Gasteiger partial charge is 0.497 e. The Hall–Kier alpha value is -3.77. The van der Waals surface area contributed by atoms with E-state index >= 15 is 0 Å². The van der Waals surface area contributed by atoms with Crippen LogP contribution in [0.5, 0.6) is 11.5 Å². The molecule has 46 heavy (non-hydrogen) atoms. The molecule has 9 nitrogen and oxygen atoms in total. The van der Waals surface area contributed by atoms with Gasteiger partial charge in [0.05, 0.1) is 52.8 Å². The van der Waals surface area contributed by atoms with Crippen molar-refractivity contribution in [2.45, 2.75) is 64.4 Å². The van der Waals surface area contributed by atoms with Crippen molar-refractivity contribution in [2.24, 2.45) is 0 Å². The fourth-order valence-corrected chi connectivity index (χ4v) is 7.15. The molecule has 4 aromatic rings. The Kier molecular flexibility index (Phi) is 13.1. The minimum Gasteiger partial charge on any atom is -0.497 e.